The molecular weight excluding hydrogens is 246 g/mol. The Bertz CT molecular complexity index is 646. The van der Waals surface area contributed by atoms with Gasteiger partial charge < -0.3 is 0 Å². The van der Waals surface area contributed by atoms with Crippen molar-refractivity contribution < 1.29 is 8.42 Å². The van der Waals surface area contributed by atoms with Gasteiger partial charge in [-0.25, -0.2) is 8.42 Å². The normalized spacial score (nSPS) is 25.4. The maximum Gasteiger partial charge on any atom is 0.232 e. The van der Waals surface area contributed by atoms with Crippen molar-refractivity contribution in [2.24, 2.45) is 0 Å². The minimum atomic E-state index is -3.23. The second-order valence-electron chi connectivity index (χ2n) is 5.28. The van der Waals surface area contributed by atoms with Crippen molar-refractivity contribution in [3.63, 3.8) is 0 Å². The van der Waals surface area contributed by atoms with E-state index in [-0.39, 0.29) is 6.04 Å². The molecule has 1 heterocycles. The number of rotatable bonds is 1. The summed E-state index contributed by atoms with van der Waals surface area (Å²) in [6.07, 6.45) is 6.36. The fourth-order valence-corrected chi connectivity index (χ4v) is 4.52. The number of sulfonamides is 1. The summed E-state index contributed by atoms with van der Waals surface area (Å²) in [6.45, 7) is 4.06. The van der Waals surface area contributed by atoms with Crippen LogP contribution in [0, 0.1) is 13.8 Å². The van der Waals surface area contributed by atoms with Gasteiger partial charge in [0.25, 0.3) is 0 Å². The Balaban J connectivity index is 2.32. The van der Waals surface area contributed by atoms with Crippen molar-refractivity contribution in [3.8, 4) is 0 Å². The van der Waals surface area contributed by atoms with E-state index < -0.39 is 10.0 Å². The van der Waals surface area contributed by atoms with Crippen LogP contribution in [0.5, 0.6) is 0 Å². The molecule has 0 N–H and O–H groups in total. The molecule has 1 aromatic rings. The molecule has 0 fully saturated rings. The molecule has 2 unspecified atom stereocenters. The van der Waals surface area contributed by atoms with Gasteiger partial charge in [-0.3, -0.25) is 4.31 Å². The van der Waals surface area contributed by atoms with Gasteiger partial charge in [0.2, 0.25) is 10.0 Å². The minimum absolute atomic E-state index is 0.0187. The topological polar surface area (TPSA) is 37.4 Å². The van der Waals surface area contributed by atoms with Crippen molar-refractivity contribution in [2.45, 2.75) is 32.2 Å². The Morgan fingerprint density at radius 2 is 1.89 bits per heavy atom. The number of fused-ring (bicyclic) bond motifs is 3. The maximum atomic E-state index is 12.1. The lowest BCUT2D eigenvalue weighted by Gasteiger charge is -2.24. The zero-order valence-corrected chi connectivity index (χ0v) is 11.7. The number of hydrogen-bond donors (Lipinski definition) is 0. The second kappa shape index (κ2) is 3.60. The highest BCUT2D eigenvalue weighted by atomic mass is 32.2. The lowest BCUT2D eigenvalue weighted by molar-refractivity contribution is 0.587. The van der Waals surface area contributed by atoms with Gasteiger partial charge in [-0.05, 0) is 37.0 Å². The van der Waals surface area contributed by atoms with Crippen LogP contribution in [-0.2, 0) is 10.0 Å². The van der Waals surface area contributed by atoms with Crippen LogP contribution < -0.4 is 4.31 Å². The molecule has 2 atom stereocenters. The molecule has 1 aliphatic carbocycles. The standard InChI is InChI=1S/C14H17NO2S/c1-9-7-8-10(2)14-13(9)11-5-4-6-12(11)15(14)18(3,16)17/h4,6-8,11-12H,5H2,1-3H3. The number of aryl methyl sites for hydroxylation is 2. The molecule has 0 radical (unpaired) electrons. The van der Waals surface area contributed by atoms with Gasteiger partial charge in [-0.1, -0.05) is 24.3 Å². The number of allylic oxidation sites excluding steroid dienone is 1. The average molecular weight is 263 g/mol. The Labute approximate surface area is 108 Å². The van der Waals surface area contributed by atoms with E-state index in [2.05, 4.69) is 19.1 Å². The highest BCUT2D eigenvalue weighted by Crippen LogP contribution is 2.50. The lowest BCUT2D eigenvalue weighted by atomic mass is 9.92. The van der Waals surface area contributed by atoms with E-state index in [1.54, 1.807) is 4.31 Å². The SMILES string of the molecule is Cc1ccc(C)c2c1C1CC=CC1N2S(C)(=O)=O. The largest absolute Gasteiger partial charge is 0.262 e. The molecule has 18 heavy (non-hydrogen) atoms. The third-order valence-corrected chi connectivity index (χ3v) is 5.13. The fraction of sp³-hybridized carbons (Fsp3) is 0.429. The molecule has 96 valence electrons. The van der Waals surface area contributed by atoms with E-state index in [1.165, 1.54) is 17.4 Å². The van der Waals surface area contributed by atoms with Crippen LogP contribution >= 0.6 is 0 Å². The van der Waals surface area contributed by atoms with E-state index >= 15 is 0 Å². The number of hydrogen-bond acceptors (Lipinski definition) is 2. The van der Waals surface area contributed by atoms with Crippen molar-refractivity contribution >= 4 is 15.7 Å². The van der Waals surface area contributed by atoms with Crippen LogP contribution in [0.1, 0.15) is 29.0 Å². The highest BCUT2D eigenvalue weighted by Gasteiger charge is 2.44. The summed E-state index contributed by atoms with van der Waals surface area (Å²) in [5.41, 5.74) is 4.37. The highest BCUT2D eigenvalue weighted by molar-refractivity contribution is 7.92. The van der Waals surface area contributed by atoms with Gasteiger partial charge in [0.1, 0.15) is 0 Å². The van der Waals surface area contributed by atoms with E-state index in [0.29, 0.717) is 5.92 Å². The first-order chi connectivity index (χ1) is 8.41. The number of anilines is 1. The molecule has 2 aliphatic rings. The minimum Gasteiger partial charge on any atom is -0.262 e. The quantitative estimate of drug-likeness (QED) is 0.730. The fourth-order valence-electron chi connectivity index (χ4n) is 3.28. The molecule has 1 aliphatic heterocycles. The predicted molar refractivity (Wildman–Crippen MR) is 73.5 cm³/mol. The molecule has 1 aromatic carbocycles. The second-order valence-corrected chi connectivity index (χ2v) is 7.14. The van der Waals surface area contributed by atoms with Crippen molar-refractivity contribution in [3.05, 3.63) is 41.0 Å². The molecule has 0 saturated heterocycles. The Hall–Kier alpha value is -1.29. The summed E-state index contributed by atoms with van der Waals surface area (Å²) in [5.74, 6) is 0.301. The monoisotopic (exact) mass is 263 g/mol. The summed E-state index contributed by atoms with van der Waals surface area (Å²) in [6, 6.07) is 4.08. The molecule has 4 heteroatoms. The lowest BCUT2D eigenvalue weighted by Crippen LogP contribution is -2.36. The first kappa shape index (κ1) is 11.8. The molecule has 3 rings (SSSR count). The van der Waals surface area contributed by atoms with E-state index in [0.717, 1.165) is 17.7 Å². The first-order valence-corrected chi connectivity index (χ1v) is 8.02. The summed E-state index contributed by atoms with van der Waals surface area (Å²) in [4.78, 5) is 0. The van der Waals surface area contributed by atoms with E-state index in [1.807, 2.05) is 19.1 Å². The third kappa shape index (κ3) is 1.45. The third-order valence-electron chi connectivity index (χ3n) is 3.99. The van der Waals surface area contributed by atoms with Gasteiger partial charge in [0.05, 0.1) is 18.0 Å². The summed E-state index contributed by atoms with van der Waals surface area (Å²) >= 11 is 0. The van der Waals surface area contributed by atoms with E-state index in [4.69, 9.17) is 0 Å². The zero-order chi connectivity index (χ0) is 13.1. The average Bonchev–Trinajstić information content (AvgIpc) is 2.80. The van der Waals surface area contributed by atoms with Crippen molar-refractivity contribution in [1.29, 1.82) is 0 Å². The molecule has 0 saturated carbocycles. The van der Waals surface area contributed by atoms with Crippen molar-refractivity contribution in [1.82, 2.24) is 0 Å². The van der Waals surface area contributed by atoms with Crippen LogP contribution in [-0.4, -0.2) is 20.7 Å². The smallest absolute Gasteiger partial charge is 0.232 e. The summed E-state index contributed by atoms with van der Waals surface area (Å²) in [5, 5.41) is 0. The molecule has 3 nitrogen and oxygen atoms in total. The van der Waals surface area contributed by atoms with Crippen molar-refractivity contribution in [2.75, 3.05) is 10.6 Å². The van der Waals surface area contributed by atoms with E-state index in [9.17, 15) is 8.42 Å². The van der Waals surface area contributed by atoms with Crippen LogP contribution in [0.15, 0.2) is 24.3 Å². The molecule has 0 bridgehead atoms. The van der Waals surface area contributed by atoms with Crippen LogP contribution in [0.4, 0.5) is 5.69 Å². The molecule has 0 spiro atoms. The first-order valence-electron chi connectivity index (χ1n) is 6.17. The van der Waals surface area contributed by atoms with Crippen LogP contribution in [0.3, 0.4) is 0 Å². The Morgan fingerprint density at radius 3 is 2.56 bits per heavy atom. The van der Waals surface area contributed by atoms with Gasteiger partial charge in [-0.2, -0.15) is 0 Å². The number of benzene rings is 1. The summed E-state index contributed by atoms with van der Waals surface area (Å²) < 4.78 is 25.8. The number of nitrogens with zero attached hydrogens (tertiary/aromatic N) is 1. The predicted octanol–water partition coefficient (Wildman–Crippen LogP) is 2.50. The van der Waals surface area contributed by atoms with Gasteiger partial charge >= 0.3 is 0 Å². The molecule has 0 aromatic heterocycles. The Kier molecular flexibility index (Phi) is 2.36. The summed E-state index contributed by atoms with van der Waals surface area (Å²) in [7, 11) is -3.23. The molecule has 0 amide bonds. The van der Waals surface area contributed by atoms with Gasteiger partial charge in [0, 0.05) is 5.92 Å². The molecular formula is C14H17NO2S. The van der Waals surface area contributed by atoms with Gasteiger partial charge in [0.15, 0.2) is 0 Å². The van der Waals surface area contributed by atoms with Gasteiger partial charge in [-0.15, -0.1) is 0 Å². The zero-order valence-electron chi connectivity index (χ0n) is 10.8. The Morgan fingerprint density at radius 1 is 1.22 bits per heavy atom. The van der Waals surface area contributed by atoms with Crippen LogP contribution in [0.25, 0.3) is 0 Å². The maximum absolute atomic E-state index is 12.1. The van der Waals surface area contributed by atoms with Crippen LogP contribution in [0.2, 0.25) is 0 Å².